The van der Waals surface area contributed by atoms with Crippen LogP contribution in [0.1, 0.15) is 25.7 Å². The van der Waals surface area contributed by atoms with Crippen molar-refractivity contribution in [2.75, 3.05) is 0 Å². The van der Waals surface area contributed by atoms with Gasteiger partial charge in [0.1, 0.15) is 0 Å². The number of carbonyl (C=O) groups excluding carboxylic acids is 1. The van der Waals surface area contributed by atoms with Crippen LogP contribution in [0.25, 0.3) is 0 Å². The Morgan fingerprint density at radius 2 is 1.91 bits per heavy atom. The van der Waals surface area contributed by atoms with Crippen LogP contribution in [0.5, 0.6) is 0 Å². The molecule has 0 aromatic rings. The third kappa shape index (κ3) is 2.94. The van der Waals surface area contributed by atoms with E-state index in [4.69, 9.17) is 26.8 Å². The maximum absolute atomic E-state index is 11.2. The fraction of sp³-hybridized carbons (Fsp3) is 0.833. The van der Waals surface area contributed by atoms with E-state index in [-0.39, 0.29) is 9.72 Å². The third-order valence-corrected chi connectivity index (χ3v) is 11.2. The molecule has 1 rings (SSSR count). The summed E-state index contributed by atoms with van der Waals surface area (Å²) in [5.41, 5.74) is 0. The van der Waals surface area contributed by atoms with Crippen molar-refractivity contribution in [1.29, 1.82) is 0 Å². The normalized spacial score (nSPS) is 27.2. The van der Waals surface area contributed by atoms with Crippen molar-refractivity contribution >= 4 is 47.5 Å². The number of rotatable bonds is 1. The molecule has 0 amide bonds. The molecule has 1 atom stereocenters. The molecule has 0 aromatic carbocycles. The first-order valence-electron chi connectivity index (χ1n) is 3.61. The van der Waals surface area contributed by atoms with Gasteiger partial charge in [-0.15, -0.1) is 0 Å². The fourth-order valence-corrected chi connectivity index (χ4v) is 8.94. The van der Waals surface area contributed by atoms with E-state index in [9.17, 15) is 4.79 Å². The Bertz CT molecular complexity index is 166. The molecule has 1 nitrogen and oxygen atoms in total. The monoisotopic (exact) mass is 322 g/mol. The van der Waals surface area contributed by atoms with Gasteiger partial charge in [0.2, 0.25) is 0 Å². The van der Waals surface area contributed by atoms with Crippen LogP contribution in [0.3, 0.4) is 0 Å². The SMILES string of the molecule is O=C1CCCC[CH]1[Sn]([Cl])([Cl])[Cl]. The molecule has 64 valence electrons. The molecular formula is C6H9Cl3OSn. The third-order valence-electron chi connectivity index (χ3n) is 1.95. The summed E-state index contributed by atoms with van der Waals surface area (Å²) in [6.45, 7) is 0. The second kappa shape index (κ2) is 4.03. The van der Waals surface area contributed by atoms with Crippen LogP contribution < -0.4 is 0 Å². The van der Waals surface area contributed by atoms with Gasteiger partial charge in [-0.2, -0.15) is 0 Å². The summed E-state index contributed by atoms with van der Waals surface area (Å²) < 4.78 is -0.164. The first kappa shape index (κ1) is 10.4. The van der Waals surface area contributed by atoms with E-state index in [2.05, 4.69) is 0 Å². The quantitative estimate of drug-likeness (QED) is 0.678. The Labute approximate surface area is 81.4 Å². The molecule has 1 aliphatic rings. The minimum atomic E-state index is -3.45. The van der Waals surface area contributed by atoms with Crippen LogP contribution in [0.15, 0.2) is 0 Å². The Balaban J connectivity index is 2.62. The second-order valence-electron chi connectivity index (χ2n) is 2.81. The first-order chi connectivity index (χ1) is 5.02. The second-order valence-corrected chi connectivity index (χ2v) is 23.8. The number of hydrogen-bond acceptors (Lipinski definition) is 1. The van der Waals surface area contributed by atoms with Crippen molar-refractivity contribution < 1.29 is 4.79 Å². The van der Waals surface area contributed by atoms with Crippen LogP contribution in [-0.4, -0.2) is 20.8 Å². The van der Waals surface area contributed by atoms with Gasteiger partial charge in [-0.1, -0.05) is 0 Å². The summed E-state index contributed by atoms with van der Waals surface area (Å²) in [5.74, 6) is 0.187. The number of Topliss-reactive ketones (excluding diaryl/α,β-unsaturated/α-hetero) is 1. The van der Waals surface area contributed by atoms with Crippen LogP contribution in [0, 0.1) is 0 Å². The van der Waals surface area contributed by atoms with E-state index >= 15 is 0 Å². The molecule has 1 aliphatic carbocycles. The number of ketones is 1. The van der Waals surface area contributed by atoms with E-state index in [0.29, 0.717) is 6.42 Å². The van der Waals surface area contributed by atoms with Crippen LogP contribution >= 0.6 is 26.8 Å². The molecule has 11 heavy (non-hydrogen) atoms. The standard InChI is InChI=1S/C6H9O.3ClH.Sn/c7-6-4-2-1-3-5-6;;;;/h4H,1-3,5H2;3*1H;/q;;;;+3/p-3. The van der Waals surface area contributed by atoms with Gasteiger partial charge in [0.25, 0.3) is 0 Å². The van der Waals surface area contributed by atoms with Gasteiger partial charge in [0.15, 0.2) is 0 Å². The van der Waals surface area contributed by atoms with Crippen molar-refractivity contribution in [2.45, 2.75) is 29.6 Å². The zero-order valence-corrected chi connectivity index (χ0v) is 11.1. The van der Waals surface area contributed by atoms with Crippen molar-refractivity contribution in [3.05, 3.63) is 0 Å². The molecule has 0 aliphatic heterocycles. The van der Waals surface area contributed by atoms with Gasteiger partial charge in [-0.3, -0.25) is 0 Å². The summed E-state index contributed by atoms with van der Waals surface area (Å²) in [7, 11) is 17.5. The van der Waals surface area contributed by atoms with Crippen LogP contribution in [0.2, 0.25) is 3.93 Å². The summed E-state index contributed by atoms with van der Waals surface area (Å²) in [6.07, 6.45) is 3.45. The van der Waals surface area contributed by atoms with Gasteiger partial charge < -0.3 is 0 Å². The Morgan fingerprint density at radius 3 is 2.27 bits per heavy atom. The molecular weight excluding hydrogens is 313 g/mol. The van der Waals surface area contributed by atoms with Gasteiger partial charge in [-0.05, 0) is 0 Å². The molecule has 1 saturated carbocycles. The van der Waals surface area contributed by atoms with Gasteiger partial charge in [0, 0.05) is 0 Å². The van der Waals surface area contributed by atoms with E-state index in [0.717, 1.165) is 19.3 Å². The number of carbonyl (C=O) groups is 1. The van der Waals surface area contributed by atoms with Crippen molar-refractivity contribution in [2.24, 2.45) is 0 Å². The van der Waals surface area contributed by atoms with Crippen LogP contribution in [-0.2, 0) is 4.79 Å². The topological polar surface area (TPSA) is 17.1 Å². The number of hydrogen-bond donors (Lipinski definition) is 0. The van der Waals surface area contributed by atoms with E-state index in [1.807, 2.05) is 0 Å². The fourth-order valence-electron chi connectivity index (χ4n) is 1.33. The summed E-state index contributed by atoms with van der Waals surface area (Å²) in [4.78, 5) is 11.2. The van der Waals surface area contributed by atoms with Crippen molar-refractivity contribution in [3.8, 4) is 0 Å². The van der Waals surface area contributed by atoms with Gasteiger partial charge >= 0.3 is 82.0 Å². The zero-order chi connectivity index (χ0) is 8.48. The molecule has 0 spiro atoms. The summed E-state index contributed by atoms with van der Waals surface area (Å²) in [6, 6.07) is 0. The van der Waals surface area contributed by atoms with E-state index in [1.54, 1.807) is 0 Å². The summed E-state index contributed by atoms with van der Waals surface area (Å²) >= 11 is -3.45. The Kier molecular flexibility index (Phi) is 3.82. The van der Waals surface area contributed by atoms with Crippen LogP contribution in [0.4, 0.5) is 0 Å². The molecule has 5 heteroatoms. The molecule has 0 aromatic heterocycles. The molecule has 0 heterocycles. The molecule has 0 saturated heterocycles. The Hall–Kier alpha value is 1.34. The average molecular weight is 322 g/mol. The van der Waals surface area contributed by atoms with Gasteiger partial charge in [-0.25, -0.2) is 0 Å². The molecule has 0 radical (unpaired) electrons. The molecule has 1 unspecified atom stereocenters. The first-order valence-corrected chi connectivity index (χ1v) is 16.1. The Morgan fingerprint density at radius 1 is 1.27 bits per heavy atom. The zero-order valence-electron chi connectivity index (χ0n) is 5.95. The maximum atomic E-state index is 11.2. The predicted octanol–water partition coefficient (Wildman–Crippen LogP) is 3.16. The van der Waals surface area contributed by atoms with Gasteiger partial charge in [0.05, 0.1) is 0 Å². The van der Waals surface area contributed by atoms with Crippen molar-refractivity contribution in [1.82, 2.24) is 0 Å². The predicted molar refractivity (Wildman–Crippen MR) is 50.5 cm³/mol. The molecule has 0 bridgehead atoms. The summed E-state index contributed by atoms with van der Waals surface area (Å²) in [5, 5.41) is 0. The van der Waals surface area contributed by atoms with Crippen molar-refractivity contribution in [3.63, 3.8) is 0 Å². The molecule has 0 N–H and O–H groups in total. The molecule has 1 fully saturated rings. The van der Waals surface area contributed by atoms with E-state index in [1.165, 1.54) is 0 Å². The van der Waals surface area contributed by atoms with E-state index < -0.39 is 15.0 Å². The number of halogens is 3. The minimum absolute atomic E-state index is 0.164. The average Bonchev–Trinajstić information content (AvgIpc) is 1.86.